The Morgan fingerprint density at radius 2 is 2.45 bits per heavy atom. The summed E-state index contributed by atoms with van der Waals surface area (Å²) in [5.74, 6) is 5.35. The molecule has 0 bridgehead atoms. The molecule has 1 atom stereocenters. The maximum Gasteiger partial charge on any atom is 0.228 e. The molecule has 11 heavy (non-hydrogen) atoms. The van der Waals surface area contributed by atoms with Gasteiger partial charge in [0.25, 0.3) is 0 Å². The highest BCUT2D eigenvalue weighted by atomic mass is 16.2. The van der Waals surface area contributed by atoms with Crippen molar-refractivity contribution in [1.82, 2.24) is 4.90 Å². The van der Waals surface area contributed by atoms with Crippen LogP contribution in [0.2, 0.25) is 0 Å². The maximum atomic E-state index is 11.2. The van der Waals surface area contributed by atoms with E-state index in [0.717, 1.165) is 25.1 Å². The molecule has 0 aromatic heterocycles. The fourth-order valence-corrected chi connectivity index (χ4v) is 1.92. The fourth-order valence-electron chi connectivity index (χ4n) is 1.92. The van der Waals surface area contributed by atoms with Crippen LogP contribution in [0.15, 0.2) is 5.10 Å². The molecular formula is C7H11N3O. The van der Waals surface area contributed by atoms with Gasteiger partial charge in [-0.3, -0.25) is 4.79 Å². The molecule has 2 heterocycles. The first-order chi connectivity index (χ1) is 5.33. The van der Waals surface area contributed by atoms with Gasteiger partial charge in [0.1, 0.15) is 0 Å². The van der Waals surface area contributed by atoms with Crippen molar-refractivity contribution in [2.45, 2.75) is 25.3 Å². The second kappa shape index (κ2) is 2.22. The van der Waals surface area contributed by atoms with E-state index in [2.05, 4.69) is 5.10 Å². The molecule has 2 aliphatic rings. The van der Waals surface area contributed by atoms with Crippen LogP contribution in [-0.4, -0.2) is 29.1 Å². The number of carbonyl (C=O) groups excluding carboxylic acids is 1. The predicted molar refractivity (Wildman–Crippen MR) is 41.0 cm³/mol. The highest BCUT2D eigenvalue weighted by molar-refractivity contribution is 6.10. The van der Waals surface area contributed by atoms with Crippen LogP contribution in [0.4, 0.5) is 0 Å². The number of hydrogen-bond acceptors (Lipinski definition) is 3. The summed E-state index contributed by atoms with van der Waals surface area (Å²) in [6, 6.07) is 0.243. The zero-order valence-corrected chi connectivity index (χ0v) is 6.29. The highest BCUT2D eigenvalue weighted by Gasteiger charge is 2.39. The summed E-state index contributed by atoms with van der Waals surface area (Å²) in [6.07, 6.45) is 2.58. The molecule has 2 saturated heterocycles. The third kappa shape index (κ3) is 0.818. The SMILES string of the molecule is N/N=C1/CC(=O)N2CCCC12. The van der Waals surface area contributed by atoms with E-state index in [0.29, 0.717) is 6.42 Å². The second-order valence-corrected chi connectivity index (χ2v) is 3.04. The minimum atomic E-state index is 0.191. The van der Waals surface area contributed by atoms with E-state index in [-0.39, 0.29) is 11.9 Å². The number of fused-ring (bicyclic) bond motifs is 1. The molecular weight excluding hydrogens is 142 g/mol. The molecule has 2 rings (SSSR count). The Kier molecular flexibility index (Phi) is 1.34. The summed E-state index contributed by atoms with van der Waals surface area (Å²) >= 11 is 0. The van der Waals surface area contributed by atoms with E-state index in [1.165, 1.54) is 0 Å². The molecule has 0 radical (unpaired) electrons. The number of amides is 1. The average Bonchev–Trinajstić information content (AvgIpc) is 2.54. The molecule has 0 saturated carbocycles. The van der Waals surface area contributed by atoms with Crippen molar-refractivity contribution in [1.29, 1.82) is 0 Å². The van der Waals surface area contributed by atoms with E-state index < -0.39 is 0 Å². The van der Waals surface area contributed by atoms with Crippen LogP contribution in [0, 0.1) is 0 Å². The van der Waals surface area contributed by atoms with Gasteiger partial charge in [-0.05, 0) is 12.8 Å². The molecule has 60 valence electrons. The number of carbonyl (C=O) groups is 1. The Balaban J connectivity index is 2.27. The molecule has 4 heteroatoms. The minimum Gasteiger partial charge on any atom is -0.334 e. The van der Waals surface area contributed by atoms with Crippen molar-refractivity contribution < 1.29 is 4.79 Å². The summed E-state index contributed by atoms with van der Waals surface area (Å²) in [5, 5.41) is 3.63. The Hall–Kier alpha value is -1.06. The molecule has 1 unspecified atom stereocenters. The zero-order chi connectivity index (χ0) is 7.84. The van der Waals surface area contributed by atoms with Crippen molar-refractivity contribution in [3.05, 3.63) is 0 Å². The van der Waals surface area contributed by atoms with Crippen molar-refractivity contribution in [2.24, 2.45) is 10.9 Å². The lowest BCUT2D eigenvalue weighted by Gasteiger charge is -2.13. The van der Waals surface area contributed by atoms with Crippen LogP contribution in [0.5, 0.6) is 0 Å². The van der Waals surface area contributed by atoms with Crippen molar-refractivity contribution >= 4 is 11.6 Å². The Morgan fingerprint density at radius 1 is 1.64 bits per heavy atom. The maximum absolute atomic E-state index is 11.2. The van der Waals surface area contributed by atoms with Crippen LogP contribution < -0.4 is 5.84 Å². The lowest BCUT2D eigenvalue weighted by Crippen LogP contribution is -2.29. The van der Waals surface area contributed by atoms with Crippen LogP contribution >= 0.6 is 0 Å². The first-order valence-corrected chi connectivity index (χ1v) is 3.89. The van der Waals surface area contributed by atoms with Gasteiger partial charge in [-0.1, -0.05) is 0 Å². The van der Waals surface area contributed by atoms with Gasteiger partial charge in [0.2, 0.25) is 5.91 Å². The van der Waals surface area contributed by atoms with Crippen LogP contribution in [0.3, 0.4) is 0 Å². The second-order valence-electron chi connectivity index (χ2n) is 3.04. The summed E-state index contributed by atoms with van der Waals surface area (Å²) in [5.41, 5.74) is 0.868. The first-order valence-electron chi connectivity index (χ1n) is 3.89. The molecule has 0 aliphatic carbocycles. The molecule has 0 spiro atoms. The monoisotopic (exact) mass is 153 g/mol. The summed E-state index contributed by atoms with van der Waals surface area (Å²) < 4.78 is 0. The Labute approximate surface area is 65.0 Å². The third-order valence-corrected chi connectivity index (χ3v) is 2.46. The van der Waals surface area contributed by atoms with E-state index in [9.17, 15) is 4.79 Å². The quantitative estimate of drug-likeness (QED) is 0.383. The molecule has 2 N–H and O–H groups in total. The lowest BCUT2D eigenvalue weighted by molar-refractivity contribution is -0.127. The van der Waals surface area contributed by atoms with Gasteiger partial charge in [-0.25, -0.2) is 0 Å². The van der Waals surface area contributed by atoms with Gasteiger partial charge < -0.3 is 10.7 Å². The minimum absolute atomic E-state index is 0.191. The zero-order valence-electron chi connectivity index (χ0n) is 6.29. The fraction of sp³-hybridized carbons (Fsp3) is 0.714. The largest absolute Gasteiger partial charge is 0.334 e. The van der Waals surface area contributed by atoms with Crippen LogP contribution in [0.1, 0.15) is 19.3 Å². The molecule has 0 aromatic rings. The van der Waals surface area contributed by atoms with E-state index >= 15 is 0 Å². The van der Waals surface area contributed by atoms with Gasteiger partial charge in [-0.15, -0.1) is 0 Å². The van der Waals surface area contributed by atoms with E-state index in [1.807, 2.05) is 4.90 Å². The molecule has 4 nitrogen and oxygen atoms in total. The number of nitrogens with two attached hydrogens (primary N) is 1. The smallest absolute Gasteiger partial charge is 0.228 e. The average molecular weight is 153 g/mol. The van der Waals surface area contributed by atoms with E-state index in [4.69, 9.17) is 5.84 Å². The molecule has 2 aliphatic heterocycles. The van der Waals surface area contributed by atoms with E-state index in [1.54, 1.807) is 0 Å². The normalized spacial score (nSPS) is 33.5. The summed E-state index contributed by atoms with van der Waals surface area (Å²) in [4.78, 5) is 13.1. The van der Waals surface area contributed by atoms with Crippen molar-refractivity contribution in [3.63, 3.8) is 0 Å². The van der Waals surface area contributed by atoms with Gasteiger partial charge in [-0.2, -0.15) is 5.10 Å². The van der Waals surface area contributed by atoms with Gasteiger partial charge >= 0.3 is 0 Å². The highest BCUT2D eigenvalue weighted by Crippen LogP contribution is 2.26. The third-order valence-electron chi connectivity index (χ3n) is 2.46. The van der Waals surface area contributed by atoms with Crippen LogP contribution in [-0.2, 0) is 4.79 Å². The van der Waals surface area contributed by atoms with Gasteiger partial charge in [0.15, 0.2) is 0 Å². The number of hydrazone groups is 1. The van der Waals surface area contributed by atoms with Crippen LogP contribution in [0.25, 0.3) is 0 Å². The lowest BCUT2D eigenvalue weighted by atomic mass is 10.1. The van der Waals surface area contributed by atoms with Crippen molar-refractivity contribution in [3.8, 4) is 0 Å². The summed E-state index contributed by atoms with van der Waals surface area (Å²) in [6.45, 7) is 0.891. The standard InChI is InChI=1S/C7H11N3O/c8-9-5-4-7(11)10-3-1-2-6(5)10/h6H,1-4,8H2/b9-5-. The Morgan fingerprint density at radius 3 is 3.18 bits per heavy atom. The predicted octanol–water partition coefficient (Wildman–Crippen LogP) is -0.304. The Bertz CT molecular complexity index is 224. The number of nitrogens with zero attached hydrogens (tertiary/aromatic N) is 2. The van der Waals surface area contributed by atoms with Gasteiger partial charge in [0, 0.05) is 6.54 Å². The molecule has 1 amide bonds. The molecule has 0 aromatic carbocycles. The van der Waals surface area contributed by atoms with Crippen molar-refractivity contribution in [2.75, 3.05) is 6.54 Å². The van der Waals surface area contributed by atoms with Gasteiger partial charge in [0.05, 0.1) is 18.2 Å². The summed E-state index contributed by atoms with van der Waals surface area (Å²) in [7, 11) is 0. The topological polar surface area (TPSA) is 58.7 Å². The number of rotatable bonds is 0. The molecule has 2 fully saturated rings. The number of hydrogen-bond donors (Lipinski definition) is 1. The first kappa shape index (κ1) is 6.64.